The molecule has 2 aromatic rings. The van der Waals surface area contributed by atoms with Crippen molar-refractivity contribution in [2.24, 2.45) is 0 Å². The van der Waals surface area contributed by atoms with Crippen molar-refractivity contribution in [1.29, 1.82) is 0 Å². The summed E-state index contributed by atoms with van der Waals surface area (Å²) in [5.41, 5.74) is 2.07. The van der Waals surface area contributed by atoms with E-state index in [0.29, 0.717) is 12.5 Å². The van der Waals surface area contributed by atoms with Crippen LogP contribution in [0.25, 0.3) is 0 Å². The summed E-state index contributed by atoms with van der Waals surface area (Å²) in [6.07, 6.45) is 4.19. The molecule has 0 bridgehead atoms. The first-order chi connectivity index (χ1) is 10.6. The molecule has 0 saturated heterocycles. The molecular weight excluding hydrogens is 296 g/mol. The molecule has 1 atom stereocenters. The van der Waals surface area contributed by atoms with Gasteiger partial charge in [-0.15, -0.1) is 11.3 Å². The van der Waals surface area contributed by atoms with Crippen LogP contribution < -0.4 is 10.6 Å². The lowest BCUT2D eigenvalue weighted by Gasteiger charge is -2.14. The first kappa shape index (κ1) is 16.4. The van der Waals surface area contributed by atoms with Crippen LogP contribution in [-0.4, -0.2) is 22.5 Å². The van der Waals surface area contributed by atoms with Gasteiger partial charge in [0.1, 0.15) is 0 Å². The zero-order valence-corrected chi connectivity index (χ0v) is 14.0. The Labute approximate surface area is 135 Å². The van der Waals surface area contributed by atoms with Gasteiger partial charge in [-0.3, -0.25) is 4.98 Å². The average molecular weight is 318 g/mol. The second kappa shape index (κ2) is 7.89. The van der Waals surface area contributed by atoms with Gasteiger partial charge >= 0.3 is 6.03 Å². The number of amides is 2. The molecular formula is C16H22N4OS. The first-order valence-corrected chi connectivity index (χ1v) is 8.33. The van der Waals surface area contributed by atoms with Crippen LogP contribution in [0, 0.1) is 0 Å². The second-order valence-corrected chi connectivity index (χ2v) is 6.37. The summed E-state index contributed by atoms with van der Waals surface area (Å²) in [5, 5.41) is 8.99. The van der Waals surface area contributed by atoms with Gasteiger partial charge in [0, 0.05) is 36.7 Å². The minimum atomic E-state index is -0.163. The minimum Gasteiger partial charge on any atom is -0.338 e. The van der Waals surface area contributed by atoms with Gasteiger partial charge in [0.15, 0.2) is 0 Å². The number of thiazole rings is 1. The average Bonchev–Trinajstić information content (AvgIpc) is 2.97. The Kier molecular flexibility index (Phi) is 5.89. The Morgan fingerprint density at radius 2 is 2.00 bits per heavy atom. The number of pyridine rings is 1. The molecule has 6 heteroatoms. The van der Waals surface area contributed by atoms with E-state index >= 15 is 0 Å². The third kappa shape index (κ3) is 4.80. The van der Waals surface area contributed by atoms with Crippen molar-refractivity contribution in [2.75, 3.05) is 6.54 Å². The van der Waals surface area contributed by atoms with Crippen molar-refractivity contribution in [1.82, 2.24) is 20.6 Å². The van der Waals surface area contributed by atoms with E-state index in [0.717, 1.165) is 22.7 Å². The van der Waals surface area contributed by atoms with Gasteiger partial charge in [-0.25, -0.2) is 9.78 Å². The van der Waals surface area contributed by atoms with Gasteiger partial charge in [-0.05, 0) is 24.6 Å². The van der Waals surface area contributed by atoms with E-state index in [1.165, 1.54) is 0 Å². The van der Waals surface area contributed by atoms with Crippen LogP contribution in [0.15, 0.2) is 29.9 Å². The monoisotopic (exact) mass is 318 g/mol. The summed E-state index contributed by atoms with van der Waals surface area (Å²) in [6.45, 7) is 6.80. The highest BCUT2D eigenvalue weighted by Crippen LogP contribution is 2.19. The van der Waals surface area contributed by atoms with Crippen LogP contribution in [0.1, 0.15) is 49.0 Å². The fraction of sp³-hybridized carbons (Fsp3) is 0.438. The van der Waals surface area contributed by atoms with Gasteiger partial charge in [0.05, 0.1) is 16.7 Å². The van der Waals surface area contributed by atoms with Crippen LogP contribution in [0.3, 0.4) is 0 Å². The molecule has 2 amide bonds. The number of urea groups is 1. The van der Waals surface area contributed by atoms with E-state index in [9.17, 15) is 4.79 Å². The largest absolute Gasteiger partial charge is 0.338 e. The third-order valence-electron chi connectivity index (χ3n) is 3.28. The van der Waals surface area contributed by atoms with Crippen molar-refractivity contribution in [2.45, 2.75) is 39.2 Å². The predicted molar refractivity (Wildman–Crippen MR) is 89.1 cm³/mol. The molecule has 0 aliphatic carbocycles. The SMILES string of the molecule is CC(C)c1nc(CCNC(=O)N[C@H](C)c2ccncc2)cs1. The van der Waals surface area contributed by atoms with E-state index in [2.05, 4.69) is 39.8 Å². The maximum Gasteiger partial charge on any atom is 0.315 e. The van der Waals surface area contributed by atoms with Gasteiger partial charge in [-0.2, -0.15) is 0 Å². The summed E-state index contributed by atoms with van der Waals surface area (Å²) >= 11 is 1.68. The molecule has 0 radical (unpaired) electrons. The van der Waals surface area contributed by atoms with Crippen molar-refractivity contribution >= 4 is 17.4 Å². The van der Waals surface area contributed by atoms with Gasteiger partial charge in [-0.1, -0.05) is 13.8 Å². The number of aromatic nitrogens is 2. The molecule has 0 aromatic carbocycles. The zero-order valence-electron chi connectivity index (χ0n) is 13.2. The third-order valence-corrected chi connectivity index (χ3v) is 4.48. The Balaban J connectivity index is 1.73. The van der Waals surface area contributed by atoms with Gasteiger partial charge in [0.2, 0.25) is 0 Å². The molecule has 0 saturated carbocycles. The number of hydrogen-bond acceptors (Lipinski definition) is 4. The van der Waals surface area contributed by atoms with Crippen LogP contribution in [0.2, 0.25) is 0 Å². The molecule has 0 unspecified atom stereocenters. The molecule has 118 valence electrons. The zero-order chi connectivity index (χ0) is 15.9. The molecule has 0 fully saturated rings. The van der Waals surface area contributed by atoms with Crippen molar-refractivity contribution in [3.63, 3.8) is 0 Å². The standard InChI is InChI=1S/C16H22N4OS/c1-11(2)15-20-14(10-22-15)6-9-18-16(21)19-12(3)13-4-7-17-8-5-13/h4-5,7-8,10-12H,6,9H2,1-3H3,(H2,18,19,21)/t12-/m1/s1. The summed E-state index contributed by atoms with van der Waals surface area (Å²) in [5.74, 6) is 0.455. The summed E-state index contributed by atoms with van der Waals surface area (Å²) in [7, 11) is 0. The molecule has 2 aromatic heterocycles. The number of nitrogens with zero attached hydrogens (tertiary/aromatic N) is 2. The lowest BCUT2D eigenvalue weighted by atomic mass is 10.1. The normalized spacial score (nSPS) is 12.2. The van der Waals surface area contributed by atoms with Crippen molar-refractivity contribution in [3.8, 4) is 0 Å². The number of nitrogens with one attached hydrogen (secondary N) is 2. The highest BCUT2D eigenvalue weighted by molar-refractivity contribution is 7.09. The highest BCUT2D eigenvalue weighted by atomic mass is 32.1. The molecule has 0 aliphatic rings. The molecule has 5 nitrogen and oxygen atoms in total. The number of carbonyl (C=O) groups is 1. The fourth-order valence-corrected chi connectivity index (χ4v) is 2.86. The van der Waals surface area contributed by atoms with E-state index in [4.69, 9.17) is 0 Å². The van der Waals surface area contributed by atoms with E-state index in [1.54, 1.807) is 23.7 Å². The maximum atomic E-state index is 11.9. The Bertz CT molecular complexity index is 597. The smallest absolute Gasteiger partial charge is 0.315 e. The van der Waals surface area contributed by atoms with E-state index < -0.39 is 0 Å². The topological polar surface area (TPSA) is 66.9 Å². The predicted octanol–water partition coefficient (Wildman–Crippen LogP) is 3.26. The van der Waals surface area contributed by atoms with Crippen LogP contribution in [0.4, 0.5) is 4.79 Å². The van der Waals surface area contributed by atoms with Crippen LogP contribution in [0.5, 0.6) is 0 Å². The Morgan fingerprint density at radius 3 is 2.64 bits per heavy atom. The van der Waals surface area contributed by atoms with Crippen molar-refractivity contribution < 1.29 is 4.79 Å². The quantitative estimate of drug-likeness (QED) is 0.859. The van der Waals surface area contributed by atoms with Crippen LogP contribution >= 0.6 is 11.3 Å². The lowest BCUT2D eigenvalue weighted by molar-refractivity contribution is 0.238. The number of hydrogen-bond donors (Lipinski definition) is 2. The molecule has 2 N–H and O–H groups in total. The van der Waals surface area contributed by atoms with Crippen LogP contribution in [-0.2, 0) is 6.42 Å². The highest BCUT2D eigenvalue weighted by Gasteiger charge is 2.09. The van der Waals surface area contributed by atoms with E-state index in [1.807, 2.05) is 19.1 Å². The lowest BCUT2D eigenvalue weighted by Crippen LogP contribution is -2.38. The summed E-state index contributed by atoms with van der Waals surface area (Å²) in [6, 6.07) is 3.58. The van der Waals surface area contributed by atoms with E-state index in [-0.39, 0.29) is 12.1 Å². The summed E-state index contributed by atoms with van der Waals surface area (Å²) in [4.78, 5) is 20.4. The van der Waals surface area contributed by atoms with Crippen molar-refractivity contribution in [3.05, 3.63) is 46.2 Å². The molecule has 2 heterocycles. The first-order valence-electron chi connectivity index (χ1n) is 7.45. The molecule has 22 heavy (non-hydrogen) atoms. The Hall–Kier alpha value is -1.95. The van der Waals surface area contributed by atoms with Gasteiger partial charge < -0.3 is 10.6 Å². The minimum absolute atomic E-state index is 0.0465. The van der Waals surface area contributed by atoms with Gasteiger partial charge in [0.25, 0.3) is 0 Å². The number of carbonyl (C=O) groups excluding carboxylic acids is 1. The molecule has 0 aliphatic heterocycles. The molecule has 0 spiro atoms. The molecule has 2 rings (SSSR count). The second-order valence-electron chi connectivity index (χ2n) is 5.48. The summed E-state index contributed by atoms with van der Waals surface area (Å²) < 4.78 is 0. The number of rotatable bonds is 6. The Morgan fingerprint density at radius 1 is 1.27 bits per heavy atom. The maximum absolute atomic E-state index is 11.9. The fourth-order valence-electron chi connectivity index (χ4n) is 1.99.